The van der Waals surface area contributed by atoms with E-state index in [0.29, 0.717) is 18.0 Å². The van der Waals surface area contributed by atoms with Crippen LogP contribution < -0.4 is 15.8 Å². The number of anilines is 1. The fourth-order valence-corrected chi connectivity index (χ4v) is 3.74. The molecule has 3 atom stereocenters. The van der Waals surface area contributed by atoms with E-state index in [-0.39, 0.29) is 12.6 Å². The van der Waals surface area contributed by atoms with Gasteiger partial charge in [0.15, 0.2) is 0 Å². The molecule has 0 fully saturated rings. The number of benzene rings is 2. The molecule has 0 aromatic heterocycles. The van der Waals surface area contributed by atoms with Crippen LogP contribution in [0, 0.1) is 5.92 Å². The number of ether oxygens (including phenoxy) is 2. The minimum absolute atomic E-state index is 0.0371. The lowest BCUT2D eigenvalue weighted by atomic mass is 9.91. The van der Waals surface area contributed by atoms with Gasteiger partial charge < -0.3 is 20.3 Å². The van der Waals surface area contributed by atoms with Crippen molar-refractivity contribution >= 4 is 11.8 Å². The number of fused-ring (bicyclic) bond motifs is 1. The molecule has 1 aliphatic rings. The molecule has 3 rings (SSSR count). The number of para-hydroxylation sites is 1. The molecule has 2 aromatic rings. The molecule has 0 radical (unpaired) electrons. The van der Waals surface area contributed by atoms with Crippen LogP contribution in [-0.4, -0.2) is 31.0 Å². The van der Waals surface area contributed by atoms with E-state index < -0.39 is 12.2 Å². The number of amides is 1. The predicted molar refractivity (Wildman–Crippen MR) is 108 cm³/mol. The molecule has 150 valence electrons. The molecular formula is C22H28N2O4. The van der Waals surface area contributed by atoms with Crippen LogP contribution in [0.3, 0.4) is 0 Å². The highest BCUT2D eigenvalue weighted by Gasteiger charge is 2.24. The summed E-state index contributed by atoms with van der Waals surface area (Å²) in [6.45, 7) is 0.267. The molecule has 2 aromatic carbocycles. The third-order valence-electron chi connectivity index (χ3n) is 5.16. The van der Waals surface area contributed by atoms with E-state index in [4.69, 9.17) is 10.5 Å². The topological polar surface area (TPSA) is 93.8 Å². The van der Waals surface area contributed by atoms with Crippen molar-refractivity contribution < 1.29 is 19.4 Å². The van der Waals surface area contributed by atoms with E-state index >= 15 is 0 Å². The Morgan fingerprint density at radius 2 is 2.04 bits per heavy atom. The van der Waals surface area contributed by atoms with Crippen molar-refractivity contribution in [2.24, 2.45) is 11.7 Å². The molecule has 2 unspecified atom stereocenters. The van der Waals surface area contributed by atoms with Gasteiger partial charge in [-0.25, -0.2) is 4.79 Å². The van der Waals surface area contributed by atoms with Crippen LogP contribution in [0.25, 0.3) is 0 Å². The summed E-state index contributed by atoms with van der Waals surface area (Å²) in [4.78, 5) is 11.5. The zero-order chi connectivity index (χ0) is 19.9. The average Bonchev–Trinajstić information content (AvgIpc) is 2.85. The first kappa shape index (κ1) is 20.2. The second kappa shape index (κ2) is 9.57. The maximum Gasteiger partial charge on any atom is 0.411 e. The standard InChI is InChI=1S/C22H28N2O4/c1-27-22(26)24-17-8-9-20-16(13-17)11-15(7-10-21(20)23)12-18(25)14-28-19-5-3-2-4-6-19/h2-6,8-9,13,15,18,21,25H,7,10-12,14,23H2,1H3,(H,24,26)/t15?,18-,21?/m0/s1. The Morgan fingerprint density at radius 1 is 1.25 bits per heavy atom. The van der Waals surface area contributed by atoms with Crippen LogP contribution >= 0.6 is 0 Å². The number of hydrogen-bond acceptors (Lipinski definition) is 5. The van der Waals surface area contributed by atoms with Crippen LogP contribution in [0.1, 0.15) is 36.4 Å². The SMILES string of the molecule is COC(=O)Nc1ccc2c(c1)CC(C[C@H](O)COc1ccccc1)CCC2N. The number of nitrogens with two attached hydrogens (primary N) is 1. The summed E-state index contributed by atoms with van der Waals surface area (Å²) in [5.41, 5.74) is 9.25. The molecule has 28 heavy (non-hydrogen) atoms. The Morgan fingerprint density at radius 3 is 2.79 bits per heavy atom. The zero-order valence-electron chi connectivity index (χ0n) is 16.1. The first-order chi connectivity index (χ1) is 13.5. The van der Waals surface area contributed by atoms with Crippen LogP contribution in [-0.2, 0) is 11.2 Å². The largest absolute Gasteiger partial charge is 0.491 e. The number of rotatable bonds is 6. The minimum atomic E-state index is -0.542. The number of aliphatic hydroxyl groups is 1. The Labute approximate surface area is 165 Å². The lowest BCUT2D eigenvalue weighted by molar-refractivity contribution is 0.0831. The molecule has 0 aliphatic heterocycles. The predicted octanol–water partition coefficient (Wildman–Crippen LogP) is 3.65. The third kappa shape index (κ3) is 5.47. The Balaban J connectivity index is 1.62. The molecule has 4 N–H and O–H groups in total. The number of carbonyl (C=O) groups is 1. The van der Waals surface area contributed by atoms with Crippen molar-refractivity contribution in [1.29, 1.82) is 0 Å². The summed E-state index contributed by atoms with van der Waals surface area (Å²) < 4.78 is 10.3. The van der Waals surface area contributed by atoms with Gasteiger partial charge in [0.25, 0.3) is 0 Å². The van der Waals surface area contributed by atoms with Crippen molar-refractivity contribution in [3.05, 3.63) is 59.7 Å². The summed E-state index contributed by atoms with van der Waals surface area (Å²) in [7, 11) is 1.34. The van der Waals surface area contributed by atoms with Gasteiger partial charge in [-0.2, -0.15) is 0 Å². The number of nitrogens with one attached hydrogen (secondary N) is 1. The summed E-state index contributed by atoms with van der Waals surface area (Å²) >= 11 is 0. The highest BCUT2D eigenvalue weighted by atomic mass is 16.5. The zero-order valence-corrected chi connectivity index (χ0v) is 16.1. The van der Waals surface area contributed by atoms with Gasteiger partial charge in [-0.05, 0) is 67.0 Å². The molecule has 0 bridgehead atoms. The van der Waals surface area contributed by atoms with Gasteiger partial charge in [-0.15, -0.1) is 0 Å². The number of hydrogen-bond donors (Lipinski definition) is 3. The fourth-order valence-electron chi connectivity index (χ4n) is 3.74. The number of methoxy groups -OCH3 is 1. The van der Waals surface area contributed by atoms with Gasteiger partial charge in [-0.1, -0.05) is 24.3 Å². The van der Waals surface area contributed by atoms with E-state index in [0.717, 1.165) is 36.1 Å². The Bertz CT molecular complexity index is 781. The van der Waals surface area contributed by atoms with Crippen LogP contribution in [0.4, 0.5) is 10.5 Å². The van der Waals surface area contributed by atoms with Gasteiger partial charge in [-0.3, -0.25) is 5.32 Å². The molecule has 0 spiro atoms. The van der Waals surface area contributed by atoms with Crippen molar-refractivity contribution in [3.8, 4) is 5.75 Å². The molecule has 6 heteroatoms. The molecule has 1 aliphatic carbocycles. The maximum atomic E-state index is 11.5. The summed E-state index contributed by atoms with van der Waals surface area (Å²) in [6.07, 6.45) is 2.23. The summed E-state index contributed by atoms with van der Waals surface area (Å²) in [5.74, 6) is 1.06. The van der Waals surface area contributed by atoms with Crippen molar-refractivity contribution in [2.45, 2.75) is 37.8 Å². The van der Waals surface area contributed by atoms with E-state index in [1.54, 1.807) is 0 Å². The highest BCUT2D eigenvalue weighted by molar-refractivity contribution is 5.84. The van der Waals surface area contributed by atoms with Gasteiger partial charge in [0.2, 0.25) is 0 Å². The first-order valence-electron chi connectivity index (χ1n) is 9.64. The van der Waals surface area contributed by atoms with Gasteiger partial charge in [0.1, 0.15) is 12.4 Å². The van der Waals surface area contributed by atoms with Crippen LogP contribution in [0.2, 0.25) is 0 Å². The summed E-state index contributed by atoms with van der Waals surface area (Å²) in [6, 6.07) is 15.2. The lowest BCUT2D eigenvalue weighted by Gasteiger charge is -2.19. The normalized spacial score (nSPS) is 19.8. The van der Waals surface area contributed by atoms with Crippen molar-refractivity contribution in [2.75, 3.05) is 19.0 Å². The minimum Gasteiger partial charge on any atom is -0.491 e. The molecule has 0 heterocycles. The van der Waals surface area contributed by atoms with Gasteiger partial charge >= 0.3 is 6.09 Å². The van der Waals surface area contributed by atoms with Crippen molar-refractivity contribution in [3.63, 3.8) is 0 Å². The second-order valence-corrected chi connectivity index (χ2v) is 7.30. The van der Waals surface area contributed by atoms with Crippen LogP contribution in [0.15, 0.2) is 48.5 Å². The monoisotopic (exact) mass is 384 g/mol. The van der Waals surface area contributed by atoms with E-state index in [9.17, 15) is 9.90 Å². The smallest absolute Gasteiger partial charge is 0.411 e. The fraction of sp³-hybridized carbons (Fsp3) is 0.409. The first-order valence-corrected chi connectivity index (χ1v) is 9.64. The number of aliphatic hydroxyl groups excluding tert-OH is 1. The molecule has 1 amide bonds. The maximum absolute atomic E-state index is 11.5. The Kier molecular flexibility index (Phi) is 6.90. The van der Waals surface area contributed by atoms with Crippen LogP contribution in [0.5, 0.6) is 5.75 Å². The molecular weight excluding hydrogens is 356 g/mol. The molecule has 0 saturated heterocycles. The lowest BCUT2D eigenvalue weighted by Crippen LogP contribution is -2.22. The molecule has 6 nitrogen and oxygen atoms in total. The summed E-state index contributed by atoms with van der Waals surface area (Å²) in [5, 5.41) is 13.1. The van der Waals surface area contributed by atoms with E-state index in [2.05, 4.69) is 10.1 Å². The van der Waals surface area contributed by atoms with Gasteiger partial charge in [0, 0.05) is 11.7 Å². The van der Waals surface area contributed by atoms with Crippen molar-refractivity contribution in [1.82, 2.24) is 0 Å². The third-order valence-corrected chi connectivity index (χ3v) is 5.16. The highest BCUT2D eigenvalue weighted by Crippen LogP contribution is 2.33. The average molecular weight is 384 g/mol. The number of carbonyl (C=O) groups excluding carboxylic acids is 1. The molecule has 0 saturated carbocycles. The second-order valence-electron chi connectivity index (χ2n) is 7.30. The quantitative estimate of drug-likeness (QED) is 0.661. The van der Waals surface area contributed by atoms with E-state index in [1.807, 2.05) is 48.5 Å². The van der Waals surface area contributed by atoms with Gasteiger partial charge in [0.05, 0.1) is 13.2 Å². The Hall–Kier alpha value is -2.57. The van der Waals surface area contributed by atoms with E-state index in [1.165, 1.54) is 7.11 Å².